The third-order valence-electron chi connectivity index (χ3n) is 6.46. The summed E-state index contributed by atoms with van der Waals surface area (Å²) in [5.41, 5.74) is 1.94. The molecule has 0 saturated heterocycles. The Labute approximate surface area is 217 Å². The molecule has 4 aromatic rings. The van der Waals surface area contributed by atoms with E-state index in [1.165, 1.54) is 23.1 Å². The van der Waals surface area contributed by atoms with Gasteiger partial charge >= 0.3 is 0 Å². The Kier molecular flexibility index (Phi) is 6.87. The van der Waals surface area contributed by atoms with Gasteiger partial charge in [0.2, 0.25) is 5.91 Å². The van der Waals surface area contributed by atoms with Crippen molar-refractivity contribution in [2.24, 2.45) is 0 Å². The van der Waals surface area contributed by atoms with Crippen LogP contribution in [0.3, 0.4) is 0 Å². The van der Waals surface area contributed by atoms with Gasteiger partial charge in [0.05, 0.1) is 41.8 Å². The van der Waals surface area contributed by atoms with Crippen LogP contribution in [0.2, 0.25) is 0 Å². The molecule has 186 valence electrons. The Morgan fingerprint density at radius 3 is 2.72 bits per heavy atom. The number of hydrogen-bond donors (Lipinski definition) is 1. The van der Waals surface area contributed by atoms with Crippen molar-refractivity contribution < 1.29 is 14.3 Å². The van der Waals surface area contributed by atoms with Crippen LogP contribution in [0.25, 0.3) is 15.9 Å². The Bertz CT molecular complexity index is 1480. The van der Waals surface area contributed by atoms with Crippen LogP contribution < -0.4 is 15.6 Å². The first-order valence-corrected chi connectivity index (χ1v) is 13.5. The average molecular weight is 522 g/mol. The van der Waals surface area contributed by atoms with E-state index in [9.17, 15) is 9.59 Å². The van der Waals surface area contributed by atoms with E-state index >= 15 is 0 Å². The number of amides is 1. The van der Waals surface area contributed by atoms with E-state index in [1.807, 2.05) is 42.5 Å². The molecule has 7 nitrogen and oxygen atoms in total. The van der Waals surface area contributed by atoms with Gasteiger partial charge in [0, 0.05) is 11.3 Å². The number of nitrogens with zero attached hydrogens (tertiary/aromatic N) is 2. The van der Waals surface area contributed by atoms with Crippen molar-refractivity contribution in [2.75, 3.05) is 18.2 Å². The van der Waals surface area contributed by atoms with Gasteiger partial charge in [0.1, 0.15) is 10.6 Å². The molecule has 0 saturated carbocycles. The fourth-order valence-corrected chi connectivity index (χ4v) is 6.25. The minimum Gasteiger partial charge on any atom is -0.495 e. The molecule has 0 fully saturated rings. The van der Waals surface area contributed by atoms with Crippen molar-refractivity contribution in [3.05, 3.63) is 75.4 Å². The molecule has 0 aliphatic carbocycles. The fraction of sp³-hybridized carbons (Fsp3) is 0.296. The molecule has 3 heterocycles. The van der Waals surface area contributed by atoms with Gasteiger partial charge in [0.15, 0.2) is 5.16 Å². The van der Waals surface area contributed by atoms with Crippen molar-refractivity contribution in [1.82, 2.24) is 9.55 Å². The maximum absolute atomic E-state index is 14.0. The van der Waals surface area contributed by atoms with Gasteiger partial charge in [-0.2, -0.15) is 0 Å². The third-order valence-corrected chi connectivity index (χ3v) is 8.49. The molecule has 0 radical (unpaired) electrons. The predicted molar refractivity (Wildman–Crippen MR) is 145 cm³/mol. The molecule has 36 heavy (non-hydrogen) atoms. The van der Waals surface area contributed by atoms with Crippen LogP contribution in [0.1, 0.15) is 30.7 Å². The second kappa shape index (κ2) is 10.1. The lowest BCUT2D eigenvalue weighted by Gasteiger charge is -2.32. The second-order valence-corrected chi connectivity index (χ2v) is 10.9. The molecular weight excluding hydrogens is 494 g/mol. The zero-order chi connectivity index (χ0) is 25.3. The van der Waals surface area contributed by atoms with Crippen molar-refractivity contribution in [2.45, 2.75) is 44.1 Å². The van der Waals surface area contributed by atoms with Gasteiger partial charge in [-0.15, -0.1) is 11.3 Å². The molecule has 0 unspecified atom stereocenters. The number of para-hydroxylation sites is 3. The molecule has 1 N–H and O–H groups in total. The Balaban J connectivity index is 1.52. The monoisotopic (exact) mass is 521 g/mol. The number of aromatic nitrogens is 2. The lowest BCUT2D eigenvalue weighted by Crippen LogP contribution is -2.34. The summed E-state index contributed by atoms with van der Waals surface area (Å²) in [5, 5.41) is 4.02. The molecule has 2 aromatic carbocycles. The highest BCUT2D eigenvalue weighted by Gasteiger charge is 2.33. The lowest BCUT2D eigenvalue weighted by molar-refractivity contribution is -0.113. The highest BCUT2D eigenvalue weighted by molar-refractivity contribution is 7.99. The minimum absolute atomic E-state index is 0.0882. The van der Waals surface area contributed by atoms with Crippen LogP contribution in [0, 0.1) is 0 Å². The summed E-state index contributed by atoms with van der Waals surface area (Å²) in [6.07, 6.45) is 1.54. The molecule has 0 spiro atoms. The molecule has 1 aliphatic rings. The molecule has 1 atom stereocenters. The number of ether oxygens (including phenoxy) is 2. The van der Waals surface area contributed by atoms with Crippen LogP contribution in [-0.4, -0.2) is 33.9 Å². The number of carbonyl (C=O) groups excluding carboxylic acids is 1. The van der Waals surface area contributed by atoms with Crippen LogP contribution in [0.15, 0.2) is 64.5 Å². The quantitative estimate of drug-likeness (QED) is 0.258. The number of fused-ring (bicyclic) bond motifs is 3. The van der Waals surface area contributed by atoms with E-state index < -0.39 is 0 Å². The van der Waals surface area contributed by atoms with Crippen LogP contribution in [0.4, 0.5) is 5.69 Å². The molecular formula is C27H27N3O4S2. The van der Waals surface area contributed by atoms with Crippen molar-refractivity contribution in [1.29, 1.82) is 0 Å². The Morgan fingerprint density at radius 2 is 1.97 bits per heavy atom. The van der Waals surface area contributed by atoms with E-state index in [0.717, 1.165) is 22.5 Å². The number of thiophene rings is 1. The first-order chi connectivity index (χ1) is 17.4. The Morgan fingerprint density at radius 1 is 1.22 bits per heavy atom. The van der Waals surface area contributed by atoms with Gasteiger partial charge in [-0.25, -0.2) is 4.98 Å². The van der Waals surface area contributed by atoms with E-state index in [1.54, 1.807) is 23.8 Å². The van der Waals surface area contributed by atoms with Crippen LogP contribution >= 0.6 is 23.1 Å². The molecule has 1 amide bonds. The molecule has 0 bridgehead atoms. The normalized spacial score (nSPS) is 17.1. The first-order valence-electron chi connectivity index (χ1n) is 11.7. The average Bonchev–Trinajstić information content (AvgIpc) is 3.25. The van der Waals surface area contributed by atoms with Gasteiger partial charge < -0.3 is 14.8 Å². The number of hydrogen-bond acceptors (Lipinski definition) is 7. The largest absolute Gasteiger partial charge is 0.495 e. The van der Waals surface area contributed by atoms with Crippen molar-refractivity contribution in [3.63, 3.8) is 0 Å². The number of thioether (sulfide) groups is 1. The molecule has 5 rings (SSSR count). The molecule has 1 aliphatic heterocycles. The third kappa shape index (κ3) is 4.66. The number of methoxy groups -OCH3 is 1. The first kappa shape index (κ1) is 24.5. The van der Waals surface area contributed by atoms with E-state index in [-0.39, 0.29) is 22.8 Å². The van der Waals surface area contributed by atoms with Gasteiger partial charge in [0.25, 0.3) is 5.56 Å². The second-order valence-electron chi connectivity index (χ2n) is 8.86. The molecule has 9 heteroatoms. The number of carbonyl (C=O) groups is 1. The smallest absolute Gasteiger partial charge is 0.267 e. The number of anilines is 1. The minimum atomic E-state index is -0.297. The highest BCUT2D eigenvalue weighted by Crippen LogP contribution is 2.39. The van der Waals surface area contributed by atoms with Crippen LogP contribution in [-0.2, 0) is 22.6 Å². The maximum atomic E-state index is 14.0. The number of nitrogens with one attached hydrogen (secondary N) is 1. The summed E-state index contributed by atoms with van der Waals surface area (Å²) in [6, 6.07) is 16.7. The summed E-state index contributed by atoms with van der Waals surface area (Å²) >= 11 is 2.74. The zero-order valence-electron chi connectivity index (χ0n) is 20.4. The zero-order valence-corrected chi connectivity index (χ0v) is 22.0. The SMILES string of the molecule is CC[C@@]1(C)Cc2c(sc3nc(SCC(=O)Nc4ccccc4OC)n(-c4ccccc4)c(=O)c23)CO1. The van der Waals surface area contributed by atoms with Gasteiger partial charge in [-0.3, -0.25) is 14.2 Å². The lowest BCUT2D eigenvalue weighted by atomic mass is 9.90. The fourth-order valence-electron chi connectivity index (χ4n) is 4.29. The van der Waals surface area contributed by atoms with Crippen molar-refractivity contribution in [3.8, 4) is 11.4 Å². The maximum Gasteiger partial charge on any atom is 0.267 e. The summed E-state index contributed by atoms with van der Waals surface area (Å²) in [4.78, 5) is 33.4. The summed E-state index contributed by atoms with van der Waals surface area (Å²) in [7, 11) is 1.56. The van der Waals surface area contributed by atoms with Gasteiger partial charge in [-0.05, 0) is 43.2 Å². The number of rotatable bonds is 7. The molecule has 2 aromatic heterocycles. The van der Waals surface area contributed by atoms with E-state index in [0.29, 0.717) is 39.8 Å². The Hall–Kier alpha value is -3.14. The van der Waals surface area contributed by atoms with E-state index in [2.05, 4.69) is 19.2 Å². The predicted octanol–water partition coefficient (Wildman–Crippen LogP) is 5.43. The van der Waals surface area contributed by atoms with Crippen LogP contribution in [0.5, 0.6) is 5.75 Å². The summed E-state index contributed by atoms with van der Waals surface area (Å²) < 4.78 is 13.1. The van der Waals surface area contributed by atoms with Crippen molar-refractivity contribution >= 4 is 44.9 Å². The number of benzene rings is 2. The standard InChI is InChI=1S/C27H27N3O4S2/c1-4-27(2)14-18-21(15-34-27)36-24-23(18)25(32)30(17-10-6-5-7-11-17)26(29-24)35-16-22(31)28-19-12-8-9-13-20(19)33-3/h5-13H,4,14-16H2,1-3H3,(H,28,31)/t27-/m0/s1. The highest BCUT2D eigenvalue weighted by atomic mass is 32.2. The van der Waals surface area contributed by atoms with E-state index in [4.69, 9.17) is 14.5 Å². The summed E-state index contributed by atoms with van der Waals surface area (Å²) in [5.74, 6) is 0.461. The topological polar surface area (TPSA) is 82.5 Å². The summed E-state index contributed by atoms with van der Waals surface area (Å²) in [6.45, 7) is 4.67. The van der Waals surface area contributed by atoms with Gasteiger partial charge in [-0.1, -0.05) is 49.0 Å².